The molecule has 0 saturated heterocycles. The highest BCUT2D eigenvalue weighted by atomic mass is 79.9. The van der Waals surface area contributed by atoms with E-state index in [0.29, 0.717) is 5.33 Å². The van der Waals surface area contributed by atoms with Crippen molar-refractivity contribution in [2.24, 2.45) is 0 Å². The number of halogens is 4. The van der Waals surface area contributed by atoms with Crippen LogP contribution in [0.1, 0.15) is 5.56 Å². The number of alkyl halides is 1. The molecule has 70 valence electrons. The van der Waals surface area contributed by atoms with E-state index in [1.807, 2.05) is 0 Å². The smallest absolute Gasteiger partial charge is 0.138 e. The zero-order valence-corrected chi connectivity index (χ0v) is 9.70. The summed E-state index contributed by atoms with van der Waals surface area (Å²) in [6.07, 6.45) is 3.23. The molecule has 0 unspecified atom stereocenters. The first-order valence-electron chi connectivity index (χ1n) is 3.52. The van der Waals surface area contributed by atoms with E-state index in [0.717, 1.165) is 12.1 Å². The molecular weight excluding hydrogens is 306 g/mol. The molecule has 0 nitrogen and oxygen atoms in total. The van der Waals surface area contributed by atoms with Crippen LogP contribution in [0.25, 0.3) is 6.08 Å². The van der Waals surface area contributed by atoms with Gasteiger partial charge in [-0.05, 0) is 28.1 Å². The fourth-order valence-electron chi connectivity index (χ4n) is 0.837. The number of hydrogen-bond acceptors (Lipinski definition) is 0. The normalized spacial score (nSPS) is 11.1. The predicted octanol–water partition coefficient (Wildman–Crippen LogP) is 4.14. The molecular formula is C9H6Br2F2. The number of allylic oxidation sites excluding steroid dienone is 1. The van der Waals surface area contributed by atoms with Gasteiger partial charge in [0.1, 0.15) is 11.6 Å². The standard InChI is InChI=1S/C9H6Br2F2/c10-3-1-2-6-4-9(13)7(11)5-8(6)12/h1-2,4-5H,3H2. The minimum absolute atomic E-state index is 0.140. The van der Waals surface area contributed by atoms with Crippen molar-refractivity contribution in [1.29, 1.82) is 0 Å². The zero-order chi connectivity index (χ0) is 9.84. The van der Waals surface area contributed by atoms with E-state index in [1.54, 1.807) is 6.08 Å². The van der Waals surface area contributed by atoms with Gasteiger partial charge in [0, 0.05) is 10.9 Å². The highest BCUT2D eigenvalue weighted by molar-refractivity contribution is 9.10. The van der Waals surface area contributed by atoms with Crippen LogP contribution in [0.5, 0.6) is 0 Å². The largest absolute Gasteiger partial charge is 0.206 e. The van der Waals surface area contributed by atoms with Crippen LogP contribution in [0.4, 0.5) is 8.78 Å². The molecule has 0 bridgehead atoms. The van der Waals surface area contributed by atoms with Crippen LogP contribution in [-0.4, -0.2) is 5.33 Å². The predicted molar refractivity (Wildman–Crippen MR) is 56.9 cm³/mol. The molecule has 0 heterocycles. The second-order valence-electron chi connectivity index (χ2n) is 2.34. The van der Waals surface area contributed by atoms with E-state index in [1.165, 1.54) is 6.08 Å². The lowest BCUT2D eigenvalue weighted by Crippen LogP contribution is -1.86. The van der Waals surface area contributed by atoms with Gasteiger partial charge in [-0.3, -0.25) is 0 Å². The molecule has 0 radical (unpaired) electrons. The highest BCUT2D eigenvalue weighted by Crippen LogP contribution is 2.20. The average molecular weight is 312 g/mol. The lowest BCUT2D eigenvalue weighted by Gasteiger charge is -1.99. The summed E-state index contributed by atoms with van der Waals surface area (Å²) >= 11 is 6.05. The maximum absolute atomic E-state index is 13.1. The van der Waals surface area contributed by atoms with Gasteiger partial charge in [0.25, 0.3) is 0 Å². The number of hydrogen-bond donors (Lipinski definition) is 0. The molecule has 13 heavy (non-hydrogen) atoms. The summed E-state index contributed by atoms with van der Waals surface area (Å²) in [7, 11) is 0. The average Bonchev–Trinajstić information content (AvgIpc) is 2.09. The van der Waals surface area contributed by atoms with Crippen molar-refractivity contribution in [3.63, 3.8) is 0 Å². The van der Waals surface area contributed by atoms with Crippen molar-refractivity contribution in [3.8, 4) is 0 Å². The van der Waals surface area contributed by atoms with E-state index >= 15 is 0 Å². The Labute approximate surface area is 91.9 Å². The Morgan fingerprint density at radius 3 is 2.54 bits per heavy atom. The SMILES string of the molecule is Fc1cc(C=CCBr)c(F)cc1Br. The van der Waals surface area contributed by atoms with Crippen molar-refractivity contribution in [2.45, 2.75) is 0 Å². The molecule has 0 amide bonds. The molecule has 0 aliphatic heterocycles. The fourth-order valence-corrected chi connectivity index (χ4v) is 1.34. The first kappa shape index (κ1) is 10.9. The summed E-state index contributed by atoms with van der Waals surface area (Å²) < 4.78 is 26.2. The van der Waals surface area contributed by atoms with Gasteiger partial charge in [-0.25, -0.2) is 8.78 Å². The Balaban J connectivity index is 3.08. The summed E-state index contributed by atoms with van der Waals surface area (Å²) in [5, 5.41) is 0.615. The van der Waals surface area contributed by atoms with Gasteiger partial charge in [-0.1, -0.05) is 28.1 Å². The van der Waals surface area contributed by atoms with Crippen molar-refractivity contribution in [3.05, 3.63) is 39.9 Å². The van der Waals surface area contributed by atoms with Gasteiger partial charge < -0.3 is 0 Å². The number of benzene rings is 1. The van der Waals surface area contributed by atoms with Crippen LogP contribution < -0.4 is 0 Å². The van der Waals surface area contributed by atoms with Crippen LogP contribution in [0.2, 0.25) is 0 Å². The van der Waals surface area contributed by atoms with E-state index in [9.17, 15) is 8.78 Å². The van der Waals surface area contributed by atoms with Crippen LogP contribution in [0.3, 0.4) is 0 Å². The van der Waals surface area contributed by atoms with Crippen molar-refractivity contribution in [1.82, 2.24) is 0 Å². The second-order valence-corrected chi connectivity index (χ2v) is 3.85. The summed E-state index contributed by atoms with van der Waals surface area (Å²) in [6, 6.07) is 2.27. The molecule has 0 fully saturated rings. The maximum Gasteiger partial charge on any atom is 0.138 e. The van der Waals surface area contributed by atoms with Crippen LogP contribution >= 0.6 is 31.9 Å². The third-order valence-corrected chi connectivity index (χ3v) is 2.41. The quantitative estimate of drug-likeness (QED) is 0.569. The van der Waals surface area contributed by atoms with Gasteiger partial charge in [-0.15, -0.1) is 0 Å². The molecule has 0 spiro atoms. The van der Waals surface area contributed by atoms with E-state index in [2.05, 4.69) is 31.9 Å². The van der Waals surface area contributed by atoms with Gasteiger partial charge >= 0.3 is 0 Å². The van der Waals surface area contributed by atoms with Crippen LogP contribution in [-0.2, 0) is 0 Å². The molecule has 0 aliphatic rings. The fraction of sp³-hybridized carbons (Fsp3) is 0.111. The molecule has 0 aliphatic carbocycles. The van der Waals surface area contributed by atoms with Crippen molar-refractivity contribution < 1.29 is 8.78 Å². The summed E-state index contributed by atoms with van der Waals surface area (Å²) in [5.41, 5.74) is 0.250. The summed E-state index contributed by atoms with van der Waals surface area (Å²) in [5.74, 6) is -0.902. The lowest BCUT2D eigenvalue weighted by molar-refractivity contribution is 0.592. The lowest BCUT2D eigenvalue weighted by atomic mass is 10.2. The minimum Gasteiger partial charge on any atom is -0.206 e. The Morgan fingerprint density at radius 2 is 1.92 bits per heavy atom. The molecule has 1 aromatic carbocycles. The van der Waals surface area contributed by atoms with E-state index < -0.39 is 11.6 Å². The van der Waals surface area contributed by atoms with Crippen molar-refractivity contribution in [2.75, 3.05) is 5.33 Å². The molecule has 0 atom stereocenters. The monoisotopic (exact) mass is 310 g/mol. The molecule has 0 N–H and O–H groups in total. The topological polar surface area (TPSA) is 0 Å². The van der Waals surface area contributed by atoms with Gasteiger partial charge in [0.2, 0.25) is 0 Å². The van der Waals surface area contributed by atoms with Crippen LogP contribution in [0, 0.1) is 11.6 Å². The molecule has 1 rings (SSSR count). The third kappa shape index (κ3) is 2.88. The van der Waals surface area contributed by atoms with E-state index in [-0.39, 0.29) is 10.0 Å². The molecule has 0 saturated carbocycles. The summed E-state index contributed by atoms with van der Waals surface area (Å²) in [6.45, 7) is 0. The highest BCUT2D eigenvalue weighted by Gasteiger charge is 2.04. The Bertz CT molecular complexity index is 335. The zero-order valence-electron chi connectivity index (χ0n) is 6.53. The van der Waals surface area contributed by atoms with Gasteiger partial charge in [0.15, 0.2) is 0 Å². The Morgan fingerprint density at radius 1 is 1.23 bits per heavy atom. The first-order valence-corrected chi connectivity index (χ1v) is 5.43. The summed E-state index contributed by atoms with van der Waals surface area (Å²) in [4.78, 5) is 0. The second kappa shape index (κ2) is 4.86. The first-order chi connectivity index (χ1) is 6.15. The molecule has 4 heteroatoms. The molecule has 0 aromatic heterocycles. The number of rotatable bonds is 2. The van der Waals surface area contributed by atoms with Crippen molar-refractivity contribution >= 4 is 37.9 Å². The van der Waals surface area contributed by atoms with Gasteiger partial charge in [-0.2, -0.15) is 0 Å². The van der Waals surface area contributed by atoms with Crippen LogP contribution in [0.15, 0.2) is 22.7 Å². The minimum atomic E-state index is -0.462. The maximum atomic E-state index is 13.1. The molecule has 1 aromatic rings. The van der Waals surface area contributed by atoms with Gasteiger partial charge in [0.05, 0.1) is 4.47 Å². The Hall–Kier alpha value is -0.220. The third-order valence-electron chi connectivity index (χ3n) is 1.43. The van der Waals surface area contributed by atoms with E-state index in [4.69, 9.17) is 0 Å². The Kier molecular flexibility index (Phi) is 4.06.